The van der Waals surface area contributed by atoms with Gasteiger partial charge in [0.2, 0.25) is 0 Å². The van der Waals surface area contributed by atoms with Crippen molar-refractivity contribution in [1.29, 1.82) is 0 Å². The van der Waals surface area contributed by atoms with E-state index in [1.165, 1.54) is 22.4 Å². The topological polar surface area (TPSA) is 29.9 Å². The number of rotatable bonds is 5. The summed E-state index contributed by atoms with van der Waals surface area (Å²) in [4.78, 5) is 0. The number of benzene rings is 1. The van der Waals surface area contributed by atoms with Gasteiger partial charge in [0.05, 0.1) is 17.4 Å². The second kappa shape index (κ2) is 6.23. The van der Waals surface area contributed by atoms with E-state index >= 15 is 0 Å². The van der Waals surface area contributed by atoms with Crippen LogP contribution in [0.25, 0.3) is 0 Å². The van der Waals surface area contributed by atoms with Gasteiger partial charge in [-0.25, -0.2) is 0 Å². The monoisotopic (exact) mass is 271 g/mol. The van der Waals surface area contributed by atoms with Crippen LogP contribution in [0.1, 0.15) is 47.5 Å². The molecule has 1 aromatic carbocycles. The van der Waals surface area contributed by atoms with E-state index in [1.807, 2.05) is 18.7 Å². The fraction of sp³-hybridized carbons (Fsp3) is 0.471. The fourth-order valence-electron chi connectivity index (χ4n) is 2.65. The SMILES string of the molecule is CCCNC(c1cccc(C)c1C)c1cc(C)nn1C. The van der Waals surface area contributed by atoms with Crippen molar-refractivity contribution in [2.45, 2.75) is 40.2 Å². The predicted molar refractivity (Wildman–Crippen MR) is 84.0 cm³/mol. The van der Waals surface area contributed by atoms with Crippen LogP contribution in [0.4, 0.5) is 0 Å². The molecule has 0 aliphatic heterocycles. The lowest BCUT2D eigenvalue weighted by molar-refractivity contribution is 0.551. The highest BCUT2D eigenvalue weighted by Gasteiger charge is 2.19. The molecule has 1 aromatic heterocycles. The molecule has 1 heterocycles. The molecule has 3 heteroatoms. The lowest BCUT2D eigenvalue weighted by Crippen LogP contribution is -2.26. The molecule has 2 rings (SSSR count). The lowest BCUT2D eigenvalue weighted by atomic mass is 9.95. The maximum Gasteiger partial charge on any atom is 0.0750 e. The molecule has 3 nitrogen and oxygen atoms in total. The first-order valence-corrected chi connectivity index (χ1v) is 7.34. The van der Waals surface area contributed by atoms with Crippen LogP contribution in [0.5, 0.6) is 0 Å². The van der Waals surface area contributed by atoms with E-state index in [1.54, 1.807) is 0 Å². The highest BCUT2D eigenvalue weighted by molar-refractivity contribution is 5.39. The van der Waals surface area contributed by atoms with E-state index in [0.29, 0.717) is 0 Å². The Hall–Kier alpha value is -1.61. The van der Waals surface area contributed by atoms with Gasteiger partial charge in [-0.05, 0) is 56.5 Å². The molecule has 0 aliphatic rings. The number of nitrogens with zero attached hydrogens (tertiary/aromatic N) is 2. The van der Waals surface area contributed by atoms with Crippen LogP contribution in [-0.2, 0) is 7.05 Å². The van der Waals surface area contributed by atoms with Gasteiger partial charge in [-0.1, -0.05) is 25.1 Å². The van der Waals surface area contributed by atoms with Crippen molar-refractivity contribution in [2.24, 2.45) is 7.05 Å². The molecule has 1 atom stereocenters. The summed E-state index contributed by atoms with van der Waals surface area (Å²) in [6.07, 6.45) is 1.12. The van der Waals surface area contributed by atoms with Crippen LogP contribution >= 0.6 is 0 Å². The minimum atomic E-state index is 0.209. The molecule has 0 fully saturated rings. The van der Waals surface area contributed by atoms with Crippen molar-refractivity contribution in [3.8, 4) is 0 Å². The minimum Gasteiger partial charge on any atom is -0.305 e. The molecule has 0 spiro atoms. The maximum atomic E-state index is 4.49. The van der Waals surface area contributed by atoms with Crippen molar-refractivity contribution >= 4 is 0 Å². The van der Waals surface area contributed by atoms with Crippen LogP contribution in [-0.4, -0.2) is 16.3 Å². The Labute approximate surface area is 122 Å². The Kier molecular flexibility index (Phi) is 4.61. The lowest BCUT2D eigenvalue weighted by Gasteiger charge is -2.22. The molecule has 0 radical (unpaired) electrons. The van der Waals surface area contributed by atoms with Crippen molar-refractivity contribution < 1.29 is 0 Å². The molecule has 20 heavy (non-hydrogen) atoms. The highest BCUT2D eigenvalue weighted by Crippen LogP contribution is 2.26. The van der Waals surface area contributed by atoms with Crippen LogP contribution in [0.3, 0.4) is 0 Å². The van der Waals surface area contributed by atoms with Gasteiger partial charge >= 0.3 is 0 Å². The number of nitrogens with one attached hydrogen (secondary N) is 1. The Bertz CT molecular complexity index is 584. The van der Waals surface area contributed by atoms with Crippen molar-refractivity contribution in [2.75, 3.05) is 6.54 Å². The number of aromatic nitrogens is 2. The Morgan fingerprint density at radius 1 is 1.25 bits per heavy atom. The molecule has 0 saturated carbocycles. The summed E-state index contributed by atoms with van der Waals surface area (Å²) in [5.41, 5.74) is 6.34. The third kappa shape index (κ3) is 2.93. The third-order valence-corrected chi connectivity index (χ3v) is 3.89. The summed E-state index contributed by atoms with van der Waals surface area (Å²) in [7, 11) is 2.02. The minimum absolute atomic E-state index is 0.209. The predicted octanol–water partition coefficient (Wildman–Crippen LogP) is 3.43. The standard InChI is InChI=1S/C17H25N3/c1-6-10-18-17(16-11-13(3)19-20(16)5)15-9-7-8-12(2)14(15)4/h7-9,11,17-18H,6,10H2,1-5H3. The Morgan fingerprint density at radius 3 is 2.60 bits per heavy atom. The van der Waals surface area contributed by atoms with E-state index in [0.717, 1.165) is 18.7 Å². The molecule has 108 valence electrons. The van der Waals surface area contributed by atoms with Gasteiger partial charge in [0, 0.05) is 7.05 Å². The first-order valence-electron chi connectivity index (χ1n) is 7.34. The summed E-state index contributed by atoms with van der Waals surface area (Å²) >= 11 is 0. The van der Waals surface area contributed by atoms with Crippen LogP contribution in [0, 0.1) is 20.8 Å². The number of aryl methyl sites for hydroxylation is 3. The first kappa shape index (κ1) is 14.8. The molecule has 0 amide bonds. The van der Waals surface area contributed by atoms with Crippen molar-refractivity contribution in [3.05, 3.63) is 52.3 Å². The molecule has 2 aromatic rings. The van der Waals surface area contributed by atoms with Crippen LogP contribution in [0.2, 0.25) is 0 Å². The fourth-order valence-corrected chi connectivity index (χ4v) is 2.65. The maximum absolute atomic E-state index is 4.49. The Balaban J connectivity index is 2.47. The van der Waals surface area contributed by atoms with E-state index in [4.69, 9.17) is 0 Å². The van der Waals surface area contributed by atoms with Gasteiger partial charge < -0.3 is 5.32 Å². The van der Waals surface area contributed by atoms with E-state index in [9.17, 15) is 0 Å². The molecule has 0 bridgehead atoms. The van der Waals surface area contributed by atoms with Gasteiger partial charge in [0.25, 0.3) is 0 Å². The average molecular weight is 271 g/mol. The highest BCUT2D eigenvalue weighted by atomic mass is 15.3. The largest absolute Gasteiger partial charge is 0.305 e. The molecule has 1 unspecified atom stereocenters. The molecular weight excluding hydrogens is 246 g/mol. The Morgan fingerprint density at radius 2 is 2.00 bits per heavy atom. The van der Waals surface area contributed by atoms with Gasteiger partial charge in [-0.3, -0.25) is 4.68 Å². The zero-order chi connectivity index (χ0) is 14.7. The normalized spacial score (nSPS) is 12.7. The number of hydrogen-bond acceptors (Lipinski definition) is 2. The first-order chi connectivity index (χ1) is 9.54. The van der Waals surface area contributed by atoms with E-state index < -0.39 is 0 Å². The summed E-state index contributed by atoms with van der Waals surface area (Å²) in [5, 5.41) is 8.16. The zero-order valence-electron chi connectivity index (χ0n) is 13.2. The van der Waals surface area contributed by atoms with Gasteiger partial charge in [-0.15, -0.1) is 0 Å². The zero-order valence-corrected chi connectivity index (χ0v) is 13.2. The summed E-state index contributed by atoms with van der Waals surface area (Å²) < 4.78 is 1.99. The average Bonchev–Trinajstić information content (AvgIpc) is 2.74. The van der Waals surface area contributed by atoms with Gasteiger partial charge in [0.15, 0.2) is 0 Å². The van der Waals surface area contributed by atoms with Crippen LogP contribution < -0.4 is 5.32 Å². The summed E-state index contributed by atoms with van der Waals surface area (Å²) in [6, 6.07) is 8.92. The van der Waals surface area contributed by atoms with E-state index in [2.05, 4.69) is 55.5 Å². The van der Waals surface area contributed by atoms with Crippen molar-refractivity contribution in [3.63, 3.8) is 0 Å². The molecule has 1 N–H and O–H groups in total. The second-order valence-corrected chi connectivity index (χ2v) is 5.51. The van der Waals surface area contributed by atoms with Gasteiger partial charge in [-0.2, -0.15) is 5.10 Å². The molecule has 0 aliphatic carbocycles. The second-order valence-electron chi connectivity index (χ2n) is 5.51. The number of hydrogen-bond donors (Lipinski definition) is 1. The van der Waals surface area contributed by atoms with Crippen LogP contribution in [0.15, 0.2) is 24.3 Å². The summed E-state index contributed by atoms with van der Waals surface area (Å²) in [5.74, 6) is 0. The summed E-state index contributed by atoms with van der Waals surface area (Å²) in [6.45, 7) is 9.62. The van der Waals surface area contributed by atoms with Gasteiger partial charge in [0.1, 0.15) is 0 Å². The quantitative estimate of drug-likeness (QED) is 0.903. The smallest absolute Gasteiger partial charge is 0.0750 e. The molecular formula is C17H25N3. The third-order valence-electron chi connectivity index (χ3n) is 3.89. The van der Waals surface area contributed by atoms with E-state index in [-0.39, 0.29) is 6.04 Å². The molecule has 0 saturated heterocycles. The van der Waals surface area contributed by atoms with Crippen molar-refractivity contribution in [1.82, 2.24) is 15.1 Å².